The van der Waals surface area contributed by atoms with Crippen LogP contribution in [0.15, 0.2) is 22.7 Å². The third-order valence-electron chi connectivity index (χ3n) is 3.20. The van der Waals surface area contributed by atoms with Crippen LogP contribution in [0, 0.1) is 6.92 Å². The van der Waals surface area contributed by atoms with Gasteiger partial charge in [-0.1, -0.05) is 6.07 Å². The molecule has 1 aromatic carbocycles. The van der Waals surface area contributed by atoms with Gasteiger partial charge in [0.1, 0.15) is 0 Å². The summed E-state index contributed by atoms with van der Waals surface area (Å²) in [6.45, 7) is 2.78. The third kappa shape index (κ3) is 2.53. The number of amides is 1. The molecule has 17 heavy (non-hydrogen) atoms. The van der Waals surface area contributed by atoms with E-state index in [4.69, 9.17) is 0 Å². The van der Waals surface area contributed by atoms with Gasteiger partial charge < -0.3 is 10.0 Å². The molecule has 92 valence electrons. The molecule has 0 aliphatic carbocycles. The van der Waals surface area contributed by atoms with E-state index < -0.39 is 0 Å². The van der Waals surface area contributed by atoms with E-state index in [1.54, 1.807) is 4.90 Å². The van der Waals surface area contributed by atoms with Crippen LogP contribution < -0.4 is 0 Å². The summed E-state index contributed by atoms with van der Waals surface area (Å²) in [4.78, 5) is 14.1. The van der Waals surface area contributed by atoms with E-state index in [0.29, 0.717) is 5.56 Å². The summed E-state index contributed by atoms with van der Waals surface area (Å²) in [7, 11) is 0. The average molecular weight is 298 g/mol. The number of hydrogen-bond donors (Lipinski definition) is 1. The van der Waals surface area contributed by atoms with E-state index >= 15 is 0 Å². The van der Waals surface area contributed by atoms with Crippen molar-refractivity contribution in [3.05, 3.63) is 33.8 Å². The molecule has 2 rings (SSSR count). The highest BCUT2D eigenvalue weighted by Gasteiger charge is 2.29. The van der Waals surface area contributed by atoms with Crippen LogP contribution >= 0.6 is 15.9 Å². The van der Waals surface area contributed by atoms with Gasteiger partial charge in [-0.25, -0.2) is 0 Å². The van der Waals surface area contributed by atoms with Crippen molar-refractivity contribution in [2.45, 2.75) is 25.8 Å². The zero-order valence-corrected chi connectivity index (χ0v) is 11.4. The van der Waals surface area contributed by atoms with Gasteiger partial charge in [-0.05, 0) is 53.4 Å². The number of rotatable bonds is 2. The number of carbonyl (C=O) groups is 1. The van der Waals surface area contributed by atoms with E-state index in [9.17, 15) is 9.90 Å². The first kappa shape index (κ1) is 12.6. The van der Waals surface area contributed by atoms with Crippen LogP contribution in [0.2, 0.25) is 0 Å². The second-order valence-corrected chi connectivity index (χ2v) is 5.31. The molecule has 0 saturated carbocycles. The van der Waals surface area contributed by atoms with E-state index in [-0.39, 0.29) is 18.6 Å². The quantitative estimate of drug-likeness (QED) is 0.910. The maximum Gasteiger partial charge on any atom is 0.255 e. The van der Waals surface area contributed by atoms with Crippen LogP contribution in [0.25, 0.3) is 0 Å². The van der Waals surface area contributed by atoms with Crippen LogP contribution in [0.5, 0.6) is 0 Å². The van der Waals surface area contributed by atoms with Gasteiger partial charge in [0.15, 0.2) is 0 Å². The normalized spacial score (nSPS) is 19.7. The van der Waals surface area contributed by atoms with E-state index in [1.165, 1.54) is 0 Å². The summed E-state index contributed by atoms with van der Waals surface area (Å²) in [5.41, 5.74) is 1.80. The minimum atomic E-state index is -0.0179. The molecule has 1 saturated heterocycles. The molecule has 1 heterocycles. The summed E-state index contributed by atoms with van der Waals surface area (Å²) < 4.78 is 0.825. The number of benzene rings is 1. The lowest BCUT2D eigenvalue weighted by molar-refractivity contribution is 0.0676. The molecular formula is C13H16BrNO2. The minimum Gasteiger partial charge on any atom is -0.394 e. The van der Waals surface area contributed by atoms with Gasteiger partial charge in [-0.15, -0.1) is 0 Å². The van der Waals surface area contributed by atoms with Gasteiger partial charge in [-0.2, -0.15) is 0 Å². The van der Waals surface area contributed by atoms with Gasteiger partial charge in [0, 0.05) is 11.0 Å². The van der Waals surface area contributed by atoms with Crippen LogP contribution in [0.3, 0.4) is 0 Å². The van der Waals surface area contributed by atoms with Crippen molar-refractivity contribution in [2.24, 2.45) is 0 Å². The lowest BCUT2D eigenvalue weighted by Gasteiger charge is -2.23. The Hall–Kier alpha value is -0.870. The Kier molecular flexibility index (Phi) is 3.84. The molecule has 0 spiro atoms. The number of nitrogens with zero attached hydrogens (tertiary/aromatic N) is 1. The molecule has 3 nitrogen and oxygen atoms in total. The molecule has 1 aromatic rings. The Morgan fingerprint density at radius 1 is 1.59 bits per heavy atom. The molecule has 1 aliphatic heterocycles. The van der Waals surface area contributed by atoms with Crippen molar-refractivity contribution >= 4 is 21.8 Å². The van der Waals surface area contributed by atoms with Gasteiger partial charge in [-0.3, -0.25) is 4.79 Å². The van der Waals surface area contributed by atoms with Crippen molar-refractivity contribution in [3.63, 3.8) is 0 Å². The van der Waals surface area contributed by atoms with Gasteiger partial charge in [0.05, 0.1) is 18.2 Å². The van der Waals surface area contributed by atoms with Crippen molar-refractivity contribution in [3.8, 4) is 0 Å². The number of carbonyl (C=O) groups excluding carboxylic acids is 1. The first-order chi connectivity index (χ1) is 8.13. The van der Waals surface area contributed by atoms with E-state index in [0.717, 1.165) is 29.4 Å². The van der Waals surface area contributed by atoms with Gasteiger partial charge >= 0.3 is 0 Å². The van der Waals surface area contributed by atoms with Crippen LogP contribution in [0.1, 0.15) is 28.8 Å². The smallest absolute Gasteiger partial charge is 0.255 e. The zero-order valence-electron chi connectivity index (χ0n) is 9.82. The molecule has 0 unspecified atom stereocenters. The molecule has 0 aromatic heterocycles. The summed E-state index contributed by atoms with van der Waals surface area (Å²) in [6, 6.07) is 5.70. The maximum absolute atomic E-state index is 12.3. The van der Waals surface area contributed by atoms with Crippen molar-refractivity contribution in [1.82, 2.24) is 4.90 Å². The molecule has 0 bridgehead atoms. The van der Waals surface area contributed by atoms with Gasteiger partial charge in [0.2, 0.25) is 0 Å². The highest BCUT2D eigenvalue weighted by molar-refractivity contribution is 9.10. The molecule has 1 amide bonds. The first-order valence-corrected chi connectivity index (χ1v) is 6.60. The Balaban J connectivity index is 2.24. The summed E-state index contributed by atoms with van der Waals surface area (Å²) in [5.74, 6) is 0.00780. The Bertz CT molecular complexity index is 433. The lowest BCUT2D eigenvalue weighted by Crippen LogP contribution is -2.37. The predicted octanol–water partition coefficient (Wildman–Crippen LogP) is 2.35. The number of aliphatic hydroxyl groups is 1. The second-order valence-electron chi connectivity index (χ2n) is 4.46. The number of hydrogen-bond acceptors (Lipinski definition) is 2. The fourth-order valence-corrected chi connectivity index (χ4v) is 2.90. The molecule has 1 N–H and O–H groups in total. The van der Waals surface area contributed by atoms with Crippen LogP contribution in [0.4, 0.5) is 0 Å². The molecule has 1 aliphatic rings. The highest BCUT2D eigenvalue weighted by Crippen LogP contribution is 2.24. The van der Waals surface area contributed by atoms with Crippen molar-refractivity contribution in [2.75, 3.05) is 13.2 Å². The van der Waals surface area contributed by atoms with E-state index in [1.807, 2.05) is 25.1 Å². The predicted molar refractivity (Wildman–Crippen MR) is 70.0 cm³/mol. The standard InChI is InChI=1S/C13H16BrNO2/c1-9-4-5-11(12(14)7-9)13(17)15-6-2-3-10(15)8-16/h4-5,7,10,16H,2-3,6,8H2,1H3/t10-/m0/s1. The van der Waals surface area contributed by atoms with E-state index in [2.05, 4.69) is 15.9 Å². The van der Waals surface area contributed by atoms with Gasteiger partial charge in [0.25, 0.3) is 5.91 Å². The minimum absolute atomic E-state index is 0.00780. The molecule has 1 fully saturated rings. The fourth-order valence-electron chi connectivity index (χ4n) is 2.24. The average Bonchev–Trinajstić information content (AvgIpc) is 2.76. The summed E-state index contributed by atoms with van der Waals surface area (Å²) in [5, 5.41) is 9.24. The largest absolute Gasteiger partial charge is 0.394 e. The number of aryl methyl sites for hydroxylation is 1. The summed E-state index contributed by atoms with van der Waals surface area (Å²) >= 11 is 3.43. The fraction of sp³-hybridized carbons (Fsp3) is 0.462. The first-order valence-electron chi connectivity index (χ1n) is 5.81. The summed E-state index contributed by atoms with van der Waals surface area (Å²) in [6.07, 6.45) is 1.87. The molecule has 0 radical (unpaired) electrons. The molecule has 4 heteroatoms. The lowest BCUT2D eigenvalue weighted by atomic mass is 10.1. The van der Waals surface area contributed by atoms with Crippen LogP contribution in [-0.2, 0) is 0 Å². The Morgan fingerprint density at radius 2 is 2.35 bits per heavy atom. The Morgan fingerprint density at radius 3 is 3.00 bits per heavy atom. The van der Waals surface area contributed by atoms with Crippen molar-refractivity contribution in [1.29, 1.82) is 0 Å². The van der Waals surface area contributed by atoms with Crippen LogP contribution in [-0.4, -0.2) is 35.1 Å². The SMILES string of the molecule is Cc1ccc(C(=O)N2CCC[C@H]2CO)c(Br)c1. The topological polar surface area (TPSA) is 40.5 Å². The monoisotopic (exact) mass is 297 g/mol. The maximum atomic E-state index is 12.3. The second kappa shape index (κ2) is 5.19. The number of halogens is 1. The number of likely N-dealkylation sites (tertiary alicyclic amines) is 1. The highest BCUT2D eigenvalue weighted by atomic mass is 79.9. The molecule has 1 atom stereocenters. The van der Waals surface area contributed by atoms with Crippen molar-refractivity contribution < 1.29 is 9.90 Å². The number of aliphatic hydroxyl groups excluding tert-OH is 1. The third-order valence-corrected chi connectivity index (χ3v) is 3.86. The Labute approximate surface area is 110 Å². The zero-order chi connectivity index (χ0) is 12.4. The molecular weight excluding hydrogens is 282 g/mol.